The summed E-state index contributed by atoms with van der Waals surface area (Å²) < 4.78 is 0. The number of nitrogens with one attached hydrogen (secondary N) is 1. The Labute approximate surface area is 89.2 Å². The first-order valence-electron chi connectivity index (χ1n) is 5.08. The van der Waals surface area contributed by atoms with Crippen LogP contribution in [0.4, 0.5) is 0 Å². The van der Waals surface area contributed by atoms with Gasteiger partial charge in [0.1, 0.15) is 0 Å². The molecular weight excluding hydrogens is 196 g/mol. The van der Waals surface area contributed by atoms with Crippen LogP contribution in [0.3, 0.4) is 0 Å². The fraction of sp³-hybridized carbons (Fsp3) is 0.700. The maximum Gasteiger partial charge on any atom is 0.0925 e. The fourth-order valence-corrected chi connectivity index (χ4v) is 1.99. The molecule has 1 atom stereocenters. The van der Waals surface area contributed by atoms with E-state index in [0.29, 0.717) is 0 Å². The van der Waals surface area contributed by atoms with Gasteiger partial charge >= 0.3 is 0 Å². The number of hydrogen-bond acceptors (Lipinski definition) is 4. The molecule has 80 valence electrons. The molecule has 1 aromatic rings. The molecule has 0 saturated carbocycles. The summed E-state index contributed by atoms with van der Waals surface area (Å²) in [5.41, 5.74) is 0. The number of aryl methyl sites for hydroxylation is 1. The molecule has 4 heteroatoms. The zero-order valence-electron chi connectivity index (χ0n) is 8.79. The van der Waals surface area contributed by atoms with Crippen LogP contribution in [0.25, 0.3) is 0 Å². The van der Waals surface area contributed by atoms with Crippen molar-refractivity contribution in [2.75, 3.05) is 6.61 Å². The topological polar surface area (TPSA) is 45.2 Å². The molecule has 1 unspecified atom stereocenters. The Morgan fingerprint density at radius 2 is 2.36 bits per heavy atom. The van der Waals surface area contributed by atoms with Gasteiger partial charge in [0.25, 0.3) is 0 Å². The number of rotatable bonds is 6. The van der Waals surface area contributed by atoms with Crippen molar-refractivity contribution in [1.82, 2.24) is 10.3 Å². The summed E-state index contributed by atoms with van der Waals surface area (Å²) in [6, 6.07) is 0.210. The van der Waals surface area contributed by atoms with E-state index in [-0.39, 0.29) is 12.6 Å². The number of aromatic nitrogens is 1. The van der Waals surface area contributed by atoms with Crippen LogP contribution in [0, 0.1) is 0 Å². The van der Waals surface area contributed by atoms with Gasteiger partial charge in [-0.05, 0) is 12.8 Å². The Kier molecular flexibility index (Phi) is 5.07. The normalized spacial score (nSPS) is 13.1. The molecule has 0 spiro atoms. The van der Waals surface area contributed by atoms with Crippen molar-refractivity contribution < 1.29 is 5.11 Å². The van der Waals surface area contributed by atoms with Crippen molar-refractivity contribution in [3.05, 3.63) is 16.1 Å². The first kappa shape index (κ1) is 11.6. The monoisotopic (exact) mass is 214 g/mol. The molecule has 0 radical (unpaired) electrons. The average molecular weight is 214 g/mol. The van der Waals surface area contributed by atoms with E-state index < -0.39 is 0 Å². The number of nitrogens with zero attached hydrogens (tertiary/aromatic N) is 1. The summed E-state index contributed by atoms with van der Waals surface area (Å²) >= 11 is 1.74. The SMILES string of the molecule is CCc1ncc(CNC(CC)CO)s1. The van der Waals surface area contributed by atoms with E-state index in [1.165, 1.54) is 9.88 Å². The van der Waals surface area contributed by atoms with Crippen molar-refractivity contribution >= 4 is 11.3 Å². The molecule has 14 heavy (non-hydrogen) atoms. The third-order valence-corrected chi connectivity index (χ3v) is 3.32. The minimum Gasteiger partial charge on any atom is -0.395 e. The largest absolute Gasteiger partial charge is 0.395 e. The first-order chi connectivity index (χ1) is 6.80. The number of aliphatic hydroxyl groups excluding tert-OH is 1. The van der Waals surface area contributed by atoms with Crippen LogP contribution in [0.5, 0.6) is 0 Å². The molecule has 0 saturated heterocycles. The van der Waals surface area contributed by atoms with E-state index >= 15 is 0 Å². The number of hydrogen-bond donors (Lipinski definition) is 2. The molecule has 1 rings (SSSR count). The third-order valence-electron chi connectivity index (χ3n) is 2.18. The summed E-state index contributed by atoms with van der Waals surface area (Å²) in [5.74, 6) is 0. The van der Waals surface area contributed by atoms with Crippen molar-refractivity contribution in [2.45, 2.75) is 39.3 Å². The summed E-state index contributed by atoms with van der Waals surface area (Å²) in [7, 11) is 0. The molecule has 1 aromatic heterocycles. The molecule has 3 nitrogen and oxygen atoms in total. The van der Waals surface area contributed by atoms with Crippen LogP contribution >= 0.6 is 11.3 Å². The summed E-state index contributed by atoms with van der Waals surface area (Å²) in [6.45, 7) is 5.20. The van der Waals surface area contributed by atoms with Gasteiger partial charge in [-0.15, -0.1) is 11.3 Å². The van der Waals surface area contributed by atoms with Gasteiger partial charge in [-0.25, -0.2) is 4.98 Å². The Morgan fingerprint density at radius 1 is 1.57 bits per heavy atom. The highest BCUT2D eigenvalue weighted by atomic mass is 32.1. The van der Waals surface area contributed by atoms with Gasteiger partial charge in [-0.1, -0.05) is 13.8 Å². The summed E-state index contributed by atoms with van der Waals surface area (Å²) in [5, 5.41) is 13.5. The lowest BCUT2D eigenvalue weighted by Crippen LogP contribution is -2.30. The van der Waals surface area contributed by atoms with E-state index in [9.17, 15) is 0 Å². The van der Waals surface area contributed by atoms with Crippen molar-refractivity contribution in [3.8, 4) is 0 Å². The van der Waals surface area contributed by atoms with Crippen LogP contribution in [0.1, 0.15) is 30.2 Å². The maximum absolute atomic E-state index is 8.98. The Hall–Kier alpha value is -0.450. The van der Waals surface area contributed by atoms with Gasteiger partial charge in [-0.2, -0.15) is 0 Å². The van der Waals surface area contributed by atoms with E-state index in [4.69, 9.17) is 5.11 Å². The molecule has 0 aromatic carbocycles. The maximum atomic E-state index is 8.98. The van der Waals surface area contributed by atoms with Gasteiger partial charge in [-0.3, -0.25) is 0 Å². The molecule has 0 amide bonds. The highest BCUT2D eigenvalue weighted by Crippen LogP contribution is 2.13. The van der Waals surface area contributed by atoms with Crippen molar-refractivity contribution in [2.24, 2.45) is 0 Å². The molecule has 0 bridgehead atoms. The Balaban J connectivity index is 2.37. The highest BCUT2D eigenvalue weighted by molar-refractivity contribution is 7.11. The van der Waals surface area contributed by atoms with Crippen molar-refractivity contribution in [1.29, 1.82) is 0 Å². The molecule has 0 fully saturated rings. The smallest absolute Gasteiger partial charge is 0.0925 e. The molecule has 2 N–H and O–H groups in total. The minimum absolute atomic E-state index is 0.204. The van der Waals surface area contributed by atoms with Gasteiger partial charge in [0.05, 0.1) is 11.6 Å². The summed E-state index contributed by atoms with van der Waals surface area (Å²) in [6.07, 6.45) is 3.87. The third kappa shape index (κ3) is 3.36. The van der Waals surface area contributed by atoms with Gasteiger partial charge in [0, 0.05) is 23.7 Å². The Morgan fingerprint density at radius 3 is 2.86 bits per heavy atom. The number of thiazole rings is 1. The van der Waals surface area contributed by atoms with Crippen LogP contribution in [0.15, 0.2) is 6.20 Å². The highest BCUT2D eigenvalue weighted by Gasteiger charge is 2.05. The molecule has 0 aliphatic heterocycles. The van der Waals surface area contributed by atoms with Crippen LogP contribution in [-0.4, -0.2) is 22.7 Å². The second-order valence-electron chi connectivity index (χ2n) is 3.24. The van der Waals surface area contributed by atoms with E-state index in [1.54, 1.807) is 11.3 Å². The zero-order valence-corrected chi connectivity index (χ0v) is 9.60. The van der Waals surface area contributed by atoms with Crippen LogP contribution < -0.4 is 5.32 Å². The van der Waals surface area contributed by atoms with E-state index in [0.717, 1.165) is 19.4 Å². The molecule has 0 aliphatic carbocycles. The summed E-state index contributed by atoms with van der Waals surface area (Å²) in [4.78, 5) is 5.52. The van der Waals surface area contributed by atoms with Gasteiger partial charge in [0.2, 0.25) is 0 Å². The molecule has 1 heterocycles. The second kappa shape index (κ2) is 6.11. The van der Waals surface area contributed by atoms with Crippen molar-refractivity contribution in [3.63, 3.8) is 0 Å². The second-order valence-corrected chi connectivity index (χ2v) is 4.44. The quantitative estimate of drug-likeness (QED) is 0.755. The van der Waals surface area contributed by atoms with Crippen LogP contribution in [0.2, 0.25) is 0 Å². The lowest BCUT2D eigenvalue weighted by atomic mass is 10.2. The predicted molar refractivity (Wildman–Crippen MR) is 59.5 cm³/mol. The van der Waals surface area contributed by atoms with Gasteiger partial charge < -0.3 is 10.4 Å². The molecule has 0 aliphatic rings. The standard InChI is InChI=1S/C10H18N2OS/c1-3-8(7-13)11-5-9-6-12-10(4-2)14-9/h6,8,11,13H,3-5,7H2,1-2H3. The van der Waals surface area contributed by atoms with E-state index in [2.05, 4.69) is 24.1 Å². The minimum atomic E-state index is 0.204. The lowest BCUT2D eigenvalue weighted by molar-refractivity contribution is 0.238. The van der Waals surface area contributed by atoms with E-state index in [1.807, 2.05) is 6.20 Å². The Bertz CT molecular complexity index is 258. The fourth-order valence-electron chi connectivity index (χ4n) is 1.18. The van der Waals surface area contributed by atoms with Gasteiger partial charge in [0.15, 0.2) is 0 Å². The number of aliphatic hydroxyl groups is 1. The average Bonchev–Trinajstić information content (AvgIpc) is 2.67. The van der Waals surface area contributed by atoms with Crippen LogP contribution in [-0.2, 0) is 13.0 Å². The predicted octanol–water partition coefficient (Wildman–Crippen LogP) is 1.57. The first-order valence-corrected chi connectivity index (χ1v) is 5.89. The lowest BCUT2D eigenvalue weighted by Gasteiger charge is -2.12. The molecular formula is C10H18N2OS. The zero-order chi connectivity index (χ0) is 10.4.